The van der Waals surface area contributed by atoms with Crippen LogP contribution in [0.4, 0.5) is 11.4 Å². The van der Waals surface area contributed by atoms with Gasteiger partial charge in [-0.3, -0.25) is 9.59 Å². The van der Waals surface area contributed by atoms with Gasteiger partial charge in [-0.1, -0.05) is 35.9 Å². The Kier molecular flexibility index (Phi) is 4.53. The van der Waals surface area contributed by atoms with Crippen molar-refractivity contribution < 1.29 is 9.59 Å². The molecule has 136 valence electrons. The molecule has 0 bridgehead atoms. The zero-order valence-corrected chi connectivity index (χ0v) is 16.3. The molecule has 0 unspecified atom stereocenters. The first kappa shape index (κ1) is 17.8. The van der Waals surface area contributed by atoms with Gasteiger partial charge in [0.15, 0.2) is 5.17 Å². The summed E-state index contributed by atoms with van der Waals surface area (Å²) in [4.78, 5) is 32.1. The molecule has 2 aromatic rings. The molecule has 1 saturated heterocycles. The van der Waals surface area contributed by atoms with Gasteiger partial charge in [-0.05, 0) is 49.4 Å². The highest BCUT2D eigenvalue weighted by Crippen LogP contribution is 2.42. The molecule has 2 aliphatic heterocycles. The number of para-hydroxylation sites is 1. The lowest BCUT2D eigenvalue weighted by Crippen LogP contribution is -2.26. The molecule has 7 heteroatoms. The van der Waals surface area contributed by atoms with Crippen LogP contribution in [0.15, 0.2) is 52.4 Å². The van der Waals surface area contributed by atoms with Crippen LogP contribution in [0.5, 0.6) is 0 Å². The third kappa shape index (κ3) is 2.95. The van der Waals surface area contributed by atoms with Crippen molar-refractivity contribution in [3.05, 3.63) is 63.5 Å². The molecule has 0 atom stereocenters. The van der Waals surface area contributed by atoms with Gasteiger partial charge in [0, 0.05) is 17.1 Å². The number of carbonyl (C=O) groups excluding carboxylic acids is 2. The van der Waals surface area contributed by atoms with Crippen molar-refractivity contribution in [2.45, 2.75) is 13.8 Å². The summed E-state index contributed by atoms with van der Waals surface area (Å²) in [6, 6.07) is 13.0. The second kappa shape index (κ2) is 6.87. The Hall–Kier alpha value is -2.57. The van der Waals surface area contributed by atoms with E-state index in [4.69, 9.17) is 11.6 Å². The minimum absolute atomic E-state index is 0.156. The Morgan fingerprint density at radius 3 is 2.70 bits per heavy atom. The van der Waals surface area contributed by atoms with Gasteiger partial charge < -0.3 is 10.2 Å². The quantitative estimate of drug-likeness (QED) is 0.769. The summed E-state index contributed by atoms with van der Waals surface area (Å²) in [5, 5.41) is 3.81. The van der Waals surface area contributed by atoms with E-state index in [1.807, 2.05) is 50.2 Å². The Balaban J connectivity index is 1.78. The zero-order chi connectivity index (χ0) is 19.1. The molecule has 0 aromatic heterocycles. The first-order chi connectivity index (χ1) is 13.0. The molecular weight excluding hydrogens is 382 g/mol. The third-order valence-electron chi connectivity index (χ3n) is 4.55. The fraction of sp³-hybridized carbons (Fsp3) is 0.150. The molecule has 1 fully saturated rings. The summed E-state index contributed by atoms with van der Waals surface area (Å²) in [7, 11) is 0. The van der Waals surface area contributed by atoms with E-state index >= 15 is 0 Å². The van der Waals surface area contributed by atoms with E-state index in [9.17, 15) is 9.59 Å². The third-order valence-corrected chi connectivity index (χ3v) is 5.94. The Morgan fingerprint density at radius 1 is 1.15 bits per heavy atom. The number of nitrogens with zero attached hydrogens (tertiary/aromatic N) is 2. The zero-order valence-electron chi connectivity index (χ0n) is 14.7. The SMILES string of the molecule is CCN1C(=O)/C(=C2\SC(=Nc3cccc(Cl)c3C)NC2=O)c2ccccc21. The van der Waals surface area contributed by atoms with Crippen molar-refractivity contribution in [3.63, 3.8) is 0 Å². The molecule has 27 heavy (non-hydrogen) atoms. The molecule has 2 aliphatic rings. The molecule has 4 rings (SSSR count). The number of amides is 2. The van der Waals surface area contributed by atoms with Gasteiger partial charge in [0.05, 0.1) is 21.9 Å². The Bertz CT molecular complexity index is 1050. The Morgan fingerprint density at radius 2 is 1.93 bits per heavy atom. The topological polar surface area (TPSA) is 61.8 Å². The summed E-state index contributed by atoms with van der Waals surface area (Å²) in [5.74, 6) is -0.467. The van der Waals surface area contributed by atoms with E-state index in [-0.39, 0.29) is 11.8 Å². The molecule has 2 heterocycles. The summed E-state index contributed by atoms with van der Waals surface area (Å²) in [5.41, 5.74) is 3.56. The van der Waals surface area contributed by atoms with Crippen LogP contribution in [0.3, 0.4) is 0 Å². The second-order valence-corrected chi connectivity index (χ2v) is 7.53. The van der Waals surface area contributed by atoms with Crippen molar-refractivity contribution in [1.82, 2.24) is 5.32 Å². The molecule has 0 spiro atoms. The highest BCUT2D eigenvalue weighted by atomic mass is 35.5. The number of fused-ring (bicyclic) bond motifs is 1. The fourth-order valence-corrected chi connectivity index (χ4v) is 4.27. The number of rotatable bonds is 2. The number of thioether (sulfide) groups is 1. The molecule has 0 aliphatic carbocycles. The average Bonchev–Trinajstić information content (AvgIpc) is 3.14. The van der Waals surface area contributed by atoms with Crippen LogP contribution in [0.25, 0.3) is 5.57 Å². The minimum atomic E-state index is -0.311. The number of likely N-dealkylation sites (N-methyl/N-ethyl adjacent to an activating group) is 1. The highest BCUT2D eigenvalue weighted by Gasteiger charge is 2.38. The average molecular weight is 398 g/mol. The van der Waals surface area contributed by atoms with E-state index < -0.39 is 0 Å². The fourth-order valence-electron chi connectivity index (χ4n) is 3.18. The molecule has 2 amide bonds. The number of amidine groups is 1. The van der Waals surface area contributed by atoms with Crippen molar-refractivity contribution >= 4 is 57.3 Å². The summed E-state index contributed by atoms with van der Waals surface area (Å²) < 4.78 is 0. The predicted octanol–water partition coefficient (Wildman–Crippen LogP) is 4.28. The number of aliphatic imine (C=N–C) groups is 1. The number of halogens is 1. The standard InChI is InChI=1S/C20H16ClN3O2S/c1-3-24-15-10-5-4-7-12(15)16(19(24)26)17-18(25)23-20(27-17)22-14-9-6-8-13(21)11(14)2/h4-10H,3H2,1-2H3,(H,22,23,25)/b17-16-. The van der Waals surface area contributed by atoms with E-state index in [1.165, 1.54) is 11.8 Å². The van der Waals surface area contributed by atoms with Crippen molar-refractivity contribution in [3.8, 4) is 0 Å². The van der Waals surface area contributed by atoms with Gasteiger partial charge in [0.1, 0.15) is 0 Å². The van der Waals surface area contributed by atoms with Gasteiger partial charge in [-0.15, -0.1) is 0 Å². The number of nitrogens with one attached hydrogen (secondary N) is 1. The van der Waals surface area contributed by atoms with Crippen LogP contribution in [0, 0.1) is 6.92 Å². The van der Waals surface area contributed by atoms with Crippen LogP contribution in [0.2, 0.25) is 5.02 Å². The molecule has 2 aromatic carbocycles. The van der Waals surface area contributed by atoms with Crippen LogP contribution in [0.1, 0.15) is 18.1 Å². The van der Waals surface area contributed by atoms with Gasteiger partial charge >= 0.3 is 0 Å². The number of hydrogen-bond donors (Lipinski definition) is 1. The second-order valence-electron chi connectivity index (χ2n) is 6.13. The molecule has 0 radical (unpaired) electrons. The molecule has 1 N–H and O–H groups in total. The number of anilines is 1. The van der Waals surface area contributed by atoms with Crippen molar-refractivity contribution in [1.29, 1.82) is 0 Å². The number of benzene rings is 2. The number of hydrogen-bond acceptors (Lipinski definition) is 4. The summed E-state index contributed by atoms with van der Waals surface area (Å²) >= 11 is 7.33. The number of carbonyl (C=O) groups is 2. The van der Waals surface area contributed by atoms with Crippen molar-refractivity contribution in [2.75, 3.05) is 11.4 Å². The Labute approximate surface area is 166 Å². The van der Waals surface area contributed by atoms with E-state index in [1.54, 1.807) is 11.0 Å². The first-order valence-corrected chi connectivity index (χ1v) is 9.69. The smallest absolute Gasteiger partial charge is 0.264 e. The van der Waals surface area contributed by atoms with E-state index in [2.05, 4.69) is 10.3 Å². The lowest BCUT2D eigenvalue weighted by Gasteiger charge is -2.13. The summed E-state index contributed by atoms with van der Waals surface area (Å²) in [6.45, 7) is 4.33. The minimum Gasteiger partial charge on any atom is -0.308 e. The van der Waals surface area contributed by atoms with Crippen LogP contribution >= 0.6 is 23.4 Å². The first-order valence-electron chi connectivity index (χ1n) is 8.49. The maximum absolute atomic E-state index is 12.9. The monoisotopic (exact) mass is 397 g/mol. The molecular formula is C20H16ClN3O2S. The van der Waals surface area contributed by atoms with Crippen LogP contribution in [-0.4, -0.2) is 23.5 Å². The van der Waals surface area contributed by atoms with Crippen LogP contribution in [-0.2, 0) is 9.59 Å². The largest absolute Gasteiger partial charge is 0.308 e. The highest BCUT2D eigenvalue weighted by molar-refractivity contribution is 8.18. The van der Waals surface area contributed by atoms with E-state index in [0.29, 0.717) is 32.9 Å². The summed E-state index contributed by atoms with van der Waals surface area (Å²) in [6.07, 6.45) is 0. The van der Waals surface area contributed by atoms with Gasteiger partial charge in [0.2, 0.25) is 0 Å². The maximum Gasteiger partial charge on any atom is 0.264 e. The maximum atomic E-state index is 12.9. The lowest BCUT2D eigenvalue weighted by atomic mass is 10.1. The van der Waals surface area contributed by atoms with Gasteiger partial charge in [0.25, 0.3) is 11.8 Å². The predicted molar refractivity (Wildman–Crippen MR) is 110 cm³/mol. The lowest BCUT2D eigenvalue weighted by molar-refractivity contribution is -0.116. The molecule has 5 nitrogen and oxygen atoms in total. The van der Waals surface area contributed by atoms with Gasteiger partial charge in [-0.2, -0.15) is 0 Å². The molecule has 0 saturated carbocycles. The van der Waals surface area contributed by atoms with Crippen molar-refractivity contribution in [2.24, 2.45) is 4.99 Å². The van der Waals surface area contributed by atoms with E-state index in [0.717, 1.165) is 16.8 Å². The van der Waals surface area contributed by atoms with Gasteiger partial charge in [-0.25, -0.2) is 4.99 Å². The normalized spacial score (nSPS) is 20.4. The van der Waals surface area contributed by atoms with Crippen LogP contribution < -0.4 is 10.2 Å².